The van der Waals surface area contributed by atoms with E-state index < -0.39 is 0 Å². The summed E-state index contributed by atoms with van der Waals surface area (Å²) in [4.78, 5) is 5.98. The number of hydrogen-bond acceptors (Lipinski definition) is 3. The lowest BCUT2D eigenvalue weighted by atomic mass is 10.2. The van der Waals surface area contributed by atoms with Crippen LogP contribution in [0.15, 0.2) is 42.7 Å². The molecule has 0 radical (unpaired) electrons. The molecule has 0 fully saturated rings. The number of anilines is 2. The van der Waals surface area contributed by atoms with Crippen LogP contribution in [0.5, 0.6) is 0 Å². The van der Waals surface area contributed by atoms with E-state index >= 15 is 0 Å². The van der Waals surface area contributed by atoms with Gasteiger partial charge in [-0.25, -0.2) is 4.39 Å². The number of hydrogen-bond donors (Lipinski definition) is 1. The summed E-state index contributed by atoms with van der Waals surface area (Å²) in [5.41, 5.74) is 7.29. The lowest BCUT2D eigenvalue weighted by Gasteiger charge is -2.25. The van der Waals surface area contributed by atoms with E-state index in [1.807, 2.05) is 11.0 Å². The van der Waals surface area contributed by atoms with Crippen molar-refractivity contribution in [3.05, 3.63) is 53.6 Å². The molecule has 2 N–H and O–H groups in total. The molecule has 3 nitrogen and oxygen atoms in total. The number of nitrogens with two attached hydrogens (primary N) is 1. The molecule has 0 bridgehead atoms. The second-order valence-electron chi connectivity index (χ2n) is 4.10. The van der Waals surface area contributed by atoms with Crippen LogP contribution in [0.2, 0.25) is 5.02 Å². The maximum Gasteiger partial charge on any atom is 0.123 e. The predicted molar refractivity (Wildman–Crippen MR) is 76.3 cm³/mol. The Bertz CT molecular complexity index is 530. The van der Waals surface area contributed by atoms with Gasteiger partial charge in [0.2, 0.25) is 0 Å². The van der Waals surface area contributed by atoms with Gasteiger partial charge in [-0.05, 0) is 43.3 Å². The van der Waals surface area contributed by atoms with E-state index in [2.05, 4.69) is 4.98 Å². The van der Waals surface area contributed by atoms with Gasteiger partial charge in [0.25, 0.3) is 0 Å². The van der Waals surface area contributed by atoms with Crippen molar-refractivity contribution in [1.29, 1.82) is 0 Å². The molecule has 0 aliphatic heterocycles. The van der Waals surface area contributed by atoms with Gasteiger partial charge in [0.15, 0.2) is 0 Å². The molecule has 0 atom stereocenters. The Labute approximate surface area is 116 Å². The van der Waals surface area contributed by atoms with E-state index in [4.69, 9.17) is 17.3 Å². The van der Waals surface area contributed by atoms with E-state index in [1.165, 1.54) is 12.1 Å². The van der Waals surface area contributed by atoms with Gasteiger partial charge in [-0.3, -0.25) is 4.98 Å². The fourth-order valence-corrected chi connectivity index (χ4v) is 2.07. The molecule has 1 aromatic carbocycles. The van der Waals surface area contributed by atoms with Crippen LogP contribution in [0.1, 0.15) is 6.42 Å². The summed E-state index contributed by atoms with van der Waals surface area (Å²) in [6.45, 7) is 1.30. The Morgan fingerprint density at radius 2 is 1.95 bits per heavy atom. The van der Waals surface area contributed by atoms with Crippen molar-refractivity contribution >= 4 is 23.0 Å². The summed E-state index contributed by atoms with van der Waals surface area (Å²) in [6, 6.07) is 8.15. The summed E-state index contributed by atoms with van der Waals surface area (Å²) in [6.07, 6.45) is 4.09. The van der Waals surface area contributed by atoms with Crippen LogP contribution < -0.4 is 10.6 Å². The van der Waals surface area contributed by atoms with Crippen molar-refractivity contribution < 1.29 is 4.39 Å². The molecule has 2 aromatic rings. The zero-order valence-electron chi connectivity index (χ0n) is 10.4. The van der Waals surface area contributed by atoms with Crippen LogP contribution in [-0.4, -0.2) is 18.1 Å². The first-order valence-electron chi connectivity index (χ1n) is 6.05. The van der Waals surface area contributed by atoms with Gasteiger partial charge in [0, 0.05) is 24.6 Å². The third-order valence-corrected chi connectivity index (χ3v) is 3.06. The molecule has 0 spiro atoms. The molecule has 1 aromatic heterocycles. The molecule has 0 aliphatic rings. The Morgan fingerprint density at radius 1 is 1.21 bits per heavy atom. The average molecular weight is 280 g/mol. The molecule has 5 heteroatoms. The van der Waals surface area contributed by atoms with Gasteiger partial charge < -0.3 is 10.6 Å². The molecule has 1 heterocycles. The van der Waals surface area contributed by atoms with Crippen molar-refractivity contribution in [2.75, 3.05) is 18.0 Å². The molecule has 100 valence electrons. The van der Waals surface area contributed by atoms with Gasteiger partial charge in [-0.1, -0.05) is 11.6 Å². The molecule has 2 rings (SSSR count). The SMILES string of the molecule is NCCCN(c1ccc(F)cc1)c1ccncc1Cl. The highest BCUT2D eigenvalue weighted by Gasteiger charge is 2.12. The van der Waals surface area contributed by atoms with Gasteiger partial charge in [0.05, 0.1) is 10.7 Å². The molecular formula is C14H15ClFN3. The topological polar surface area (TPSA) is 42.1 Å². The Morgan fingerprint density at radius 3 is 2.58 bits per heavy atom. The number of halogens is 2. The molecular weight excluding hydrogens is 265 g/mol. The van der Waals surface area contributed by atoms with Crippen molar-refractivity contribution in [3.8, 4) is 0 Å². The van der Waals surface area contributed by atoms with Crippen molar-refractivity contribution in [2.45, 2.75) is 6.42 Å². The zero-order valence-corrected chi connectivity index (χ0v) is 11.1. The van der Waals surface area contributed by atoms with E-state index in [1.54, 1.807) is 24.5 Å². The van der Waals surface area contributed by atoms with Crippen molar-refractivity contribution in [3.63, 3.8) is 0 Å². The second kappa shape index (κ2) is 6.50. The van der Waals surface area contributed by atoms with Crippen LogP contribution in [0, 0.1) is 5.82 Å². The summed E-state index contributed by atoms with van der Waals surface area (Å²) in [7, 11) is 0. The monoisotopic (exact) mass is 279 g/mol. The minimum absolute atomic E-state index is 0.261. The quantitative estimate of drug-likeness (QED) is 0.912. The minimum Gasteiger partial charge on any atom is -0.340 e. The molecule has 0 saturated heterocycles. The molecule has 0 saturated carbocycles. The predicted octanol–water partition coefficient (Wildman–Crippen LogP) is 3.36. The van der Waals surface area contributed by atoms with Crippen molar-refractivity contribution in [1.82, 2.24) is 4.98 Å². The van der Waals surface area contributed by atoms with E-state index in [0.717, 1.165) is 17.8 Å². The smallest absolute Gasteiger partial charge is 0.123 e. The number of pyridine rings is 1. The van der Waals surface area contributed by atoms with E-state index in [0.29, 0.717) is 18.1 Å². The highest BCUT2D eigenvalue weighted by Crippen LogP contribution is 2.31. The summed E-state index contributed by atoms with van der Waals surface area (Å²) in [5, 5.41) is 0.559. The fourth-order valence-electron chi connectivity index (χ4n) is 1.85. The molecule has 19 heavy (non-hydrogen) atoms. The van der Waals surface area contributed by atoms with Crippen LogP contribution >= 0.6 is 11.6 Å². The van der Waals surface area contributed by atoms with Gasteiger partial charge in [-0.2, -0.15) is 0 Å². The first-order chi connectivity index (χ1) is 9.22. The van der Waals surface area contributed by atoms with E-state index in [-0.39, 0.29) is 5.82 Å². The first kappa shape index (κ1) is 13.8. The third-order valence-electron chi connectivity index (χ3n) is 2.77. The summed E-state index contributed by atoms with van der Waals surface area (Å²) >= 11 is 6.17. The Hall–Kier alpha value is -1.65. The number of nitrogens with zero attached hydrogens (tertiary/aromatic N) is 2. The Kier molecular flexibility index (Phi) is 4.71. The minimum atomic E-state index is -0.261. The van der Waals surface area contributed by atoms with Crippen LogP contribution in [0.25, 0.3) is 0 Å². The zero-order chi connectivity index (χ0) is 13.7. The number of aromatic nitrogens is 1. The number of benzene rings is 1. The Balaban J connectivity index is 2.35. The lowest BCUT2D eigenvalue weighted by molar-refractivity contribution is 0.627. The molecule has 0 amide bonds. The summed E-state index contributed by atoms with van der Waals surface area (Å²) in [5.74, 6) is -0.261. The van der Waals surface area contributed by atoms with Gasteiger partial charge in [-0.15, -0.1) is 0 Å². The highest BCUT2D eigenvalue weighted by molar-refractivity contribution is 6.33. The fraction of sp³-hybridized carbons (Fsp3) is 0.214. The lowest BCUT2D eigenvalue weighted by Crippen LogP contribution is -2.21. The van der Waals surface area contributed by atoms with Gasteiger partial charge >= 0.3 is 0 Å². The molecule has 0 unspecified atom stereocenters. The van der Waals surface area contributed by atoms with Crippen molar-refractivity contribution in [2.24, 2.45) is 5.73 Å². The third kappa shape index (κ3) is 3.43. The first-order valence-corrected chi connectivity index (χ1v) is 6.43. The highest BCUT2D eigenvalue weighted by atomic mass is 35.5. The maximum atomic E-state index is 13.0. The average Bonchev–Trinajstić information content (AvgIpc) is 2.43. The number of rotatable bonds is 5. The maximum absolute atomic E-state index is 13.0. The largest absolute Gasteiger partial charge is 0.340 e. The standard InChI is InChI=1S/C14H15ClFN3/c15-13-10-18-8-6-14(13)19(9-1-7-17)12-4-2-11(16)3-5-12/h2-6,8,10H,1,7,9,17H2. The van der Waals surface area contributed by atoms with Crippen LogP contribution in [-0.2, 0) is 0 Å². The summed E-state index contributed by atoms with van der Waals surface area (Å²) < 4.78 is 13.0. The van der Waals surface area contributed by atoms with E-state index in [9.17, 15) is 4.39 Å². The van der Waals surface area contributed by atoms with Crippen LogP contribution in [0.4, 0.5) is 15.8 Å². The van der Waals surface area contributed by atoms with Crippen LogP contribution in [0.3, 0.4) is 0 Å². The molecule has 0 aliphatic carbocycles. The normalized spacial score (nSPS) is 10.5. The van der Waals surface area contributed by atoms with Gasteiger partial charge in [0.1, 0.15) is 5.82 Å². The second-order valence-corrected chi connectivity index (χ2v) is 4.50.